The molecular formula is C14H26N2O3. The van der Waals surface area contributed by atoms with Gasteiger partial charge in [0.05, 0.1) is 6.04 Å². The van der Waals surface area contributed by atoms with Crippen molar-refractivity contribution in [1.82, 2.24) is 10.6 Å². The van der Waals surface area contributed by atoms with Crippen LogP contribution in [0.15, 0.2) is 0 Å². The molecule has 0 saturated carbocycles. The molecule has 1 heterocycles. The lowest BCUT2D eigenvalue weighted by Gasteiger charge is -2.38. The number of amides is 1. The Kier molecular flexibility index (Phi) is 5.35. The fourth-order valence-corrected chi connectivity index (χ4v) is 2.61. The summed E-state index contributed by atoms with van der Waals surface area (Å²) in [6.45, 7) is 8.79. The van der Waals surface area contributed by atoms with E-state index in [-0.39, 0.29) is 23.3 Å². The van der Waals surface area contributed by atoms with Crippen LogP contribution in [-0.2, 0) is 9.59 Å². The Labute approximate surface area is 115 Å². The second-order valence-corrected chi connectivity index (χ2v) is 6.51. The summed E-state index contributed by atoms with van der Waals surface area (Å²) in [6.07, 6.45) is 2.47. The van der Waals surface area contributed by atoms with Crippen molar-refractivity contribution in [3.8, 4) is 0 Å². The summed E-state index contributed by atoms with van der Waals surface area (Å²) < 4.78 is 0. The maximum atomic E-state index is 12.3. The summed E-state index contributed by atoms with van der Waals surface area (Å²) >= 11 is 0. The fraction of sp³-hybridized carbons (Fsp3) is 0.857. The SMILES string of the molecule is CC(C)C[C@@H](NC(=O)C1NCCCC1(C)C)C(=O)O. The monoisotopic (exact) mass is 270 g/mol. The van der Waals surface area contributed by atoms with Gasteiger partial charge in [0.15, 0.2) is 0 Å². The van der Waals surface area contributed by atoms with Crippen LogP contribution in [0, 0.1) is 11.3 Å². The van der Waals surface area contributed by atoms with Gasteiger partial charge in [-0.2, -0.15) is 0 Å². The highest BCUT2D eigenvalue weighted by Crippen LogP contribution is 2.30. The number of aliphatic carboxylic acids is 1. The summed E-state index contributed by atoms with van der Waals surface area (Å²) in [5, 5.41) is 15.0. The standard InChI is InChI=1S/C14H26N2O3/c1-9(2)8-10(13(18)19)16-12(17)11-14(3,4)6-5-7-15-11/h9-11,15H,5-8H2,1-4H3,(H,16,17)(H,18,19)/t10-,11?/m1/s1. The molecule has 110 valence electrons. The van der Waals surface area contributed by atoms with Crippen LogP contribution in [0.3, 0.4) is 0 Å². The lowest BCUT2D eigenvalue weighted by molar-refractivity contribution is -0.143. The van der Waals surface area contributed by atoms with E-state index in [2.05, 4.69) is 10.6 Å². The quantitative estimate of drug-likeness (QED) is 0.705. The Morgan fingerprint density at radius 1 is 1.42 bits per heavy atom. The maximum absolute atomic E-state index is 12.3. The molecule has 1 saturated heterocycles. The third-order valence-electron chi connectivity index (χ3n) is 3.71. The number of hydrogen-bond donors (Lipinski definition) is 3. The molecule has 0 aliphatic carbocycles. The highest BCUT2D eigenvalue weighted by Gasteiger charge is 2.38. The molecular weight excluding hydrogens is 244 g/mol. The summed E-state index contributed by atoms with van der Waals surface area (Å²) in [6, 6.07) is -1.11. The topological polar surface area (TPSA) is 78.4 Å². The molecule has 1 aliphatic rings. The third-order valence-corrected chi connectivity index (χ3v) is 3.71. The average Bonchev–Trinajstić information content (AvgIpc) is 2.26. The summed E-state index contributed by atoms with van der Waals surface area (Å²) in [4.78, 5) is 23.5. The lowest BCUT2D eigenvalue weighted by Crippen LogP contribution is -2.58. The predicted octanol–water partition coefficient (Wildman–Crippen LogP) is 1.38. The van der Waals surface area contributed by atoms with Crippen molar-refractivity contribution in [2.24, 2.45) is 11.3 Å². The zero-order valence-electron chi connectivity index (χ0n) is 12.3. The molecule has 0 aromatic heterocycles. The fourth-order valence-electron chi connectivity index (χ4n) is 2.61. The molecule has 1 rings (SSSR count). The highest BCUT2D eigenvalue weighted by atomic mass is 16.4. The van der Waals surface area contributed by atoms with E-state index in [4.69, 9.17) is 5.11 Å². The van der Waals surface area contributed by atoms with Gasteiger partial charge >= 0.3 is 5.97 Å². The average molecular weight is 270 g/mol. The van der Waals surface area contributed by atoms with E-state index in [0.29, 0.717) is 6.42 Å². The van der Waals surface area contributed by atoms with Crippen molar-refractivity contribution in [2.75, 3.05) is 6.54 Å². The maximum Gasteiger partial charge on any atom is 0.326 e. The molecule has 1 amide bonds. The molecule has 19 heavy (non-hydrogen) atoms. The van der Waals surface area contributed by atoms with Gasteiger partial charge in [0.1, 0.15) is 6.04 Å². The molecule has 0 aromatic carbocycles. The summed E-state index contributed by atoms with van der Waals surface area (Å²) in [5.74, 6) is -0.929. The van der Waals surface area contributed by atoms with E-state index in [9.17, 15) is 9.59 Å². The van der Waals surface area contributed by atoms with Crippen molar-refractivity contribution >= 4 is 11.9 Å². The van der Waals surface area contributed by atoms with Gasteiger partial charge in [-0.25, -0.2) is 4.79 Å². The Morgan fingerprint density at radius 2 is 2.05 bits per heavy atom. The first kappa shape index (κ1) is 16.0. The van der Waals surface area contributed by atoms with Gasteiger partial charge < -0.3 is 15.7 Å². The molecule has 5 heteroatoms. The van der Waals surface area contributed by atoms with Gasteiger partial charge in [0, 0.05) is 0 Å². The number of hydrogen-bond acceptors (Lipinski definition) is 3. The Morgan fingerprint density at radius 3 is 2.53 bits per heavy atom. The van der Waals surface area contributed by atoms with Crippen molar-refractivity contribution in [2.45, 2.75) is 59.0 Å². The number of carbonyl (C=O) groups excluding carboxylic acids is 1. The smallest absolute Gasteiger partial charge is 0.326 e. The lowest BCUT2D eigenvalue weighted by atomic mass is 9.77. The zero-order chi connectivity index (χ0) is 14.6. The minimum Gasteiger partial charge on any atom is -0.480 e. The first-order chi connectivity index (χ1) is 8.74. The second-order valence-electron chi connectivity index (χ2n) is 6.51. The molecule has 0 bridgehead atoms. The number of piperidine rings is 1. The molecule has 5 nitrogen and oxygen atoms in total. The molecule has 0 spiro atoms. The number of rotatable bonds is 5. The molecule has 1 aliphatic heterocycles. The number of carbonyl (C=O) groups is 2. The predicted molar refractivity (Wildman–Crippen MR) is 73.8 cm³/mol. The molecule has 3 N–H and O–H groups in total. The van der Waals surface area contributed by atoms with Crippen molar-refractivity contribution in [3.05, 3.63) is 0 Å². The molecule has 0 radical (unpaired) electrons. The normalized spacial score (nSPS) is 23.9. The van der Waals surface area contributed by atoms with Gasteiger partial charge in [-0.3, -0.25) is 4.79 Å². The summed E-state index contributed by atoms with van der Waals surface area (Å²) in [7, 11) is 0. The number of nitrogens with one attached hydrogen (secondary N) is 2. The zero-order valence-corrected chi connectivity index (χ0v) is 12.3. The largest absolute Gasteiger partial charge is 0.480 e. The van der Waals surface area contributed by atoms with E-state index >= 15 is 0 Å². The third kappa shape index (κ3) is 4.49. The van der Waals surface area contributed by atoms with Gasteiger partial charge in [-0.05, 0) is 37.1 Å². The van der Waals surface area contributed by atoms with Gasteiger partial charge in [-0.15, -0.1) is 0 Å². The van der Waals surface area contributed by atoms with Crippen LogP contribution in [0.2, 0.25) is 0 Å². The van der Waals surface area contributed by atoms with Crippen LogP contribution in [0.1, 0.15) is 47.0 Å². The van der Waals surface area contributed by atoms with Crippen LogP contribution in [0.5, 0.6) is 0 Å². The van der Waals surface area contributed by atoms with Crippen LogP contribution >= 0.6 is 0 Å². The molecule has 1 unspecified atom stereocenters. The van der Waals surface area contributed by atoms with Crippen molar-refractivity contribution in [3.63, 3.8) is 0 Å². The Hall–Kier alpha value is -1.10. The van der Waals surface area contributed by atoms with Crippen molar-refractivity contribution in [1.29, 1.82) is 0 Å². The number of carboxylic acids is 1. The first-order valence-electron chi connectivity index (χ1n) is 7.00. The van der Waals surface area contributed by atoms with E-state index in [1.807, 2.05) is 27.7 Å². The molecule has 0 aromatic rings. The Bertz CT molecular complexity index is 340. The van der Waals surface area contributed by atoms with E-state index < -0.39 is 12.0 Å². The van der Waals surface area contributed by atoms with E-state index in [1.165, 1.54) is 0 Å². The number of carboxylic acid groups (broad SMARTS) is 1. The molecule has 1 fully saturated rings. The van der Waals surface area contributed by atoms with Gasteiger partial charge in [-0.1, -0.05) is 27.7 Å². The highest BCUT2D eigenvalue weighted by molar-refractivity contribution is 5.87. The second kappa shape index (κ2) is 6.37. The molecule has 2 atom stereocenters. The van der Waals surface area contributed by atoms with Crippen molar-refractivity contribution < 1.29 is 14.7 Å². The Balaban J connectivity index is 2.68. The van der Waals surface area contributed by atoms with Crippen LogP contribution in [-0.4, -0.2) is 35.6 Å². The summed E-state index contributed by atoms with van der Waals surface area (Å²) in [5.41, 5.74) is -0.136. The van der Waals surface area contributed by atoms with E-state index in [0.717, 1.165) is 19.4 Å². The van der Waals surface area contributed by atoms with Crippen LogP contribution < -0.4 is 10.6 Å². The minimum absolute atomic E-state index is 0.136. The first-order valence-corrected chi connectivity index (χ1v) is 7.00. The van der Waals surface area contributed by atoms with Gasteiger partial charge in [0.25, 0.3) is 0 Å². The van der Waals surface area contributed by atoms with Crippen LogP contribution in [0.4, 0.5) is 0 Å². The van der Waals surface area contributed by atoms with E-state index in [1.54, 1.807) is 0 Å². The van der Waals surface area contributed by atoms with Crippen LogP contribution in [0.25, 0.3) is 0 Å². The van der Waals surface area contributed by atoms with Gasteiger partial charge in [0.2, 0.25) is 5.91 Å². The minimum atomic E-state index is -0.962.